The van der Waals surface area contributed by atoms with E-state index in [2.05, 4.69) is 0 Å². The van der Waals surface area contributed by atoms with E-state index in [0.717, 1.165) is 12.3 Å². The topological polar surface area (TPSA) is 66.6 Å². The number of nitrogens with two attached hydrogens (primary N) is 1. The van der Waals surface area contributed by atoms with Gasteiger partial charge in [0, 0.05) is 32.6 Å². The number of piperazine rings is 1. The first-order valence-corrected chi connectivity index (χ1v) is 8.81. The molecule has 0 unspecified atom stereocenters. The van der Waals surface area contributed by atoms with Crippen LogP contribution in [0.5, 0.6) is 0 Å². The average Bonchev–Trinajstić information content (AvgIpc) is 3.04. The molecule has 5 nitrogen and oxygen atoms in total. The van der Waals surface area contributed by atoms with Crippen molar-refractivity contribution in [2.45, 2.75) is 58.4 Å². The second-order valence-corrected chi connectivity index (χ2v) is 7.17. The van der Waals surface area contributed by atoms with E-state index in [-0.39, 0.29) is 17.7 Å². The summed E-state index contributed by atoms with van der Waals surface area (Å²) in [5.74, 6) is 1.19. The van der Waals surface area contributed by atoms with Gasteiger partial charge in [0.05, 0.1) is 6.04 Å². The Labute approximate surface area is 134 Å². The first-order valence-electron chi connectivity index (χ1n) is 8.81. The fraction of sp³-hybridized carbons (Fsp3) is 0.882. The highest BCUT2D eigenvalue weighted by atomic mass is 16.2. The molecular formula is C17H31N3O2. The predicted octanol–water partition coefficient (Wildman–Crippen LogP) is 1.61. The van der Waals surface area contributed by atoms with E-state index in [4.69, 9.17) is 5.73 Å². The quantitative estimate of drug-likeness (QED) is 0.839. The molecule has 22 heavy (non-hydrogen) atoms. The molecule has 5 heteroatoms. The van der Waals surface area contributed by atoms with Crippen molar-refractivity contribution in [2.24, 2.45) is 17.6 Å². The number of carbonyl (C=O) groups is 2. The zero-order valence-electron chi connectivity index (χ0n) is 14.1. The van der Waals surface area contributed by atoms with Gasteiger partial charge in [-0.05, 0) is 18.3 Å². The van der Waals surface area contributed by atoms with Gasteiger partial charge in [-0.25, -0.2) is 0 Å². The summed E-state index contributed by atoms with van der Waals surface area (Å²) in [6.45, 7) is 6.47. The van der Waals surface area contributed by atoms with Gasteiger partial charge in [-0.15, -0.1) is 0 Å². The van der Waals surface area contributed by atoms with Gasteiger partial charge in [-0.2, -0.15) is 0 Å². The van der Waals surface area contributed by atoms with Crippen molar-refractivity contribution in [3.8, 4) is 0 Å². The van der Waals surface area contributed by atoms with Crippen LogP contribution in [-0.4, -0.2) is 53.8 Å². The number of amides is 2. The molecule has 1 atom stereocenters. The number of carbonyl (C=O) groups excluding carboxylic acids is 2. The van der Waals surface area contributed by atoms with Crippen molar-refractivity contribution >= 4 is 11.8 Å². The summed E-state index contributed by atoms with van der Waals surface area (Å²) in [5, 5.41) is 0. The first kappa shape index (κ1) is 17.3. The lowest BCUT2D eigenvalue weighted by Gasteiger charge is -2.36. The Balaban J connectivity index is 1.71. The number of hydrogen-bond donors (Lipinski definition) is 1. The maximum absolute atomic E-state index is 12.3. The van der Waals surface area contributed by atoms with E-state index in [0.29, 0.717) is 32.6 Å². The third-order valence-electron chi connectivity index (χ3n) is 5.19. The maximum Gasteiger partial charge on any atom is 0.239 e. The van der Waals surface area contributed by atoms with E-state index < -0.39 is 6.04 Å². The van der Waals surface area contributed by atoms with E-state index >= 15 is 0 Å². The van der Waals surface area contributed by atoms with Crippen LogP contribution in [0.3, 0.4) is 0 Å². The molecule has 0 aromatic carbocycles. The molecule has 0 radical (unpaired) electrons. The summed E-state index contributed by atoms with van der Waals surface area (Å²) in [4.78, 5) is 28.2. The van der Waals surface area contributed by atoms with Gasteiger partial charge in [-0.3, -0.25) is 9.59 Å². The number of hydrogen-bond acceptors (Lipinski definition) is 3. The molecule has 1 saturated carbocycles. The Bertz CT molecular complexity index is 383. The van der Waals surface area contributed by atoms with Gasteiger partial charge >= 0.3 is 0 Å². The van der Waals surface area contributed by atoms with Crippen LogP contribution in [0.4, 0.5) is 0 Å². The van der Waals surface area contributed by atoms with Crippen LogP contribution in [0.15, 0.2) is 0 Å². The van der Waals surface area contributed by atoms with E-state index in [1.165, 1.54) is 25.7 Å². The summed E-state index contributed by atoms with van der Waals surface area (Å²) >= 11 is 0. The fourth-order valence-electron chi connectivity index (χ4n) is 3.46. The van der Waals surface area contributed by atoms with Crippen LogP contribution in [0.2, 0.25) is 0 Å². The molecule has 1 heterocycles. The molecule has 2 fully saturated rings. The van der Waals surface area contributed by atoms with Gasteiger partial charge in [0.25, 0.3) is 0 Å². The molecule has 1 aliphatic carbocycles. The number of nitrogens with zero attached hydrogens (tertiary/aromatic N) is 2. The lowest BCUT2D eigenvalue weighted by Crippen LogP contribution is -2.55. The maximum atomic E-state index is 12.3. The second kappa shape index (κ2) is 7.95. The normalized spacial score (nSPS) is 21.5. The van der Waals surface area contributed by atoms with Crippen molar-refractivity contribution in [3.63, 3.8) is 0 Å². The van der Waals surface area contributed by atoms with Gasteiger partial charge in [0.2, 0.25) is 11.8 Å². The highest BCUT2D eigenvalue weighted by Crippen LogP contribution is 2.28. The molecule has 0 aromatic heterocycles. The third-order valence-corrected chi connectivity index (χ3v) is 5.19. The SMILES string of the molecule is CC(C)[C@H](N)C(=O)N1CCN(C(=O)CCC2CCCC2)CC1. The number of rotatable bonds is 5. The Kier molecular flexibility index (Phi) is 6.24. The van der Waals surface area contributed by atoms with E-state index in [9.17, 15) is 9.59 Å². The molecule has 1 aliphatic heterocycles. The summed E-state index contributed by atoms with van der Waals surface area (Å²) in [5.41, 5.74) is 5.93. The zero-order chi connectivity index (χ0) is 16.1. The summed E-state index contributed by atoms with van der Waals surface area (Å²) in [7, 11) is 0. The Hall–Kier alpha value is -1.10. The fourth-order valence-corrected chi connectivity index (χ4v) is 3.46. The minimum Gasteiger partial charge on any atom is -0.339 e. The van der Waals surface area contributed by atoms with Gasteiger partial charge in [0.15, 0.2) is 0 Å². The summed E-state index contributed by atoms with van der Waals surface area (Å²) in [6.07, 6.45) is 6.96. The molecule has 0 spiro atoms. The summed E-state index contributed by atoms with van der Waals surface area (Å²) < 4.78 is 0. The van der Waals surface area contributed by atoms with Crippen LogP contribution in [0.25, 0.3) is 0 Å². The molecular weight excluding hydrogens is 278 g/mol. The highest BCUT2D eigenvalue weighted by Gasteiger charge is 2.28. The van der Waals surface area contributed by atoms with Crippen molar-refractivity contribution in [1.82, 2.24) is 9.80 Å². The average molecular weight is 309 g/mol. The van der Waals surface area contributed by atoms with Crippen molar-refractivity contribution in [2.75, 3.05) is 26.2 Å². The minimum absolute atomic E-state index is 0.0213. The molecule has 2 rings (SSSR count). The Morgan fingerprint density at radius 2 is 1.59 bits per heavy atom. The third kappa shape index (κ3) is 4.45. The monoisotopic (exact) mass is 309 g/mol. The smallest absolute Gasteiger partial charge is 0.239 e. The highest BCUT2D eigenvalue weighted by molar-refractivity contribution is 5.82. The predicted molar refractivity (Wildman–Crippen MR) is 87.2 cm³/mol. The van der Waals surface area contributed by atoms with Crippen LogP contribution < -0.4 is 5.73 Å². The Morgan fingerprint density at radius 3 is 2.14 bits per heavy atom. The molecule has 2 N–H and O–H groups in total. The Morgan fingerprint density at radius 1 is 1.05 bits per heavy atom. The largest absolute Gasteiger partial charge is 0.339 e. The second-order valence-electron chi connectivity index (χ2n) is 7.17. The molecule has 1 saturated heterocycles. The molecule has 126 valence electrons. The molecule has 2 amide bonds. The van der Waals surface area contributed by atoms with Crippen molar-refractivity contribution in [3.05, 3.63) is 0 Å². The van der Waals surface area contributed by atoms with Gasteiger partial charge in [-0.1, -0.05) is 39.5 Å². The molecule has 2 aliphatic rings. The van der Waals surface area contributed by atoms with Crippen LogP contribution in [0, 0.1) is 11.8 Å². The lowest BCUT2D eigenvalue weighted by molar-refractivity contribution is -0.141. The van der Waals surface area contributed by atoms with E-state index in [1.807, 2.05) is 23.6 Å². The zero-order valence-corrected chi connectivity index (χ0v) is 14.1. The molecule has 0 aromatic rings. The lowest BCUT2D eigenvalue weighted by atomic mass is 10.0. The molecule has 0 bridgehead atoms. The van der Waals surface area contributed by atoms with Crippen molar-refractivity contribution < 1.29 is 9.59 Å². The van der Waals surface area contributed by atoms with Crippen LogP contribution in [0.1, 0.15) is 52.4 Å². The van der Waals surface area contributed by atoms with E-state index in [1.54, 1.807) is 0 Å². The van der Waals surface area contributed by atoms with Crippen LogP contribution >= 0.6 is 0 Å². The minimum atomic E-state index is -0.426. The van der Waals surface area contributed by atoms with Gasteiger partial charge < -0.3 is 15.5 Å². The van der Waals surface area contributed by atoms with Gasteiger partial charge in [0.1, 0.15) is 0 Å². The first-order chi connectivity index (χ1) is 10.5. The summed E-state index contributed by atoms with van der Waals surface area (Å²) in [6, 6.07) is -0.426. The van der Waals surface area contributed by atoms with Crippen molar-refractivity contribution in [1.29, 1.82) is 0 Å². The standard InChI is InChI=1S/C17H31N3O2/c1-13(2)16(18)17(22)20-11-9-19(10-12-20)15(21)8-7-14-5-3-4-6-14/h13-14,16H,3-12,18H2,1-2H3/t16-/m0/s1. The van der Waals surface area contributed by atoms with Crippen LogP contribution in [-0.2, 0) is 9.59 Å².